The summed E-state index contributed by atoms with van der Waals surface area (Å²) in [5, 5.41) is 20.4. The smallest absolute Gasteiger partial charge is 0.306 e. The van der Waals surface area contributed by atoms with Gasteiger partial charge in [-0.15, -0.1) is 0 Å². The number of aliphatic carboxylic acids is 1. The minimum Gasteiger partial charge on any atom is -0.481 e. The zero-order valence-corrected chi connectivity index (χ0v) is 20.6. The molecule has 3 nitrogen and oxygen atoms in total. The van der Waals surface area contributed by atoms with Crippen LogP contribution in [0, 0.1) is 52.3 Å². The topological polar surface area (TPSA) is 57.5 Å². The molecular formula is C28H46O3. The van der Waals surface area contributed by atoms with Crippen molar-refractivity contribution >= 4 is 5.97 Å². The van der Waals surface area contributed by atoms with Gasteiger partial charge in [0, 0.05) is 0 Å². The molecule has 9 atom stereocenters. The fraction of sp³-hybridized carbons (Fsp3) is 0.893. The van der Waals surface area contributed by atoms with Gasteiger partial charge in [0.1, 0.15) is 0 Å². The molecule has 0 radical (unpaired) electrons. The second-order valence-electron chi connectivity index (χ2n) is 12.6. The number of fused-ring (bicyclic) bond motifs is 5. The summed E-state index contributed by atoms with van der Waals surface area (Å²) in [6.45, 7) is 11.7. The zero-order chi connectivity index (χ0) is 22.6. The molecule has 0 heterocycles. The van der Waals surface area contributed by atoms with Gasteiger partial charge in [-0.1, -0.05) is 46.3 Å². The van der Waals surface area contributed by atoms with E-state index in [-0.39, 0.29) is 22.9 Å². The van der Waals surface area contributed by atoms with Gasteiger partial charge in [0.25, 0.3) is 0 Å². The van der Waals surface area contributed by atoms with Crippen LogP contribution in [0.2, 0.25) is 0 Å². The van der Waals surface area contributed by atoms with Crippen molar-refractivity contribution in [2.75, 3.05) is 0 Å². The van der Waals surface area contributed by atoms with Gasteiger partial charge in [-0.2, -0.15) is 0 Å². The third kappa shape index (κ3) is 3.91. The van der Waals surface area contributed by atoms with Gasteiger partial charge in [-0.3, -0.25) is 4.79 Å². The minimum absolute atomic E-state index is 0.148. The van der Waals surface area contributed by atoms with Crippen LogP contribution in [0.3, 0.4) is 0 Å². The Morgan fingerprint density at radius 2 is 1.81 bits per heavy atom. The molecule has 31 heavy (non-hydrogen) atoms. The number of hydrogen-bond donors (Lipinski definition) is 2. The molecule has 2 N–H and O–H groups in total. The van der Waals surface area contributed by atoms with Crippen LogP contribution in [0.25, 0.3) is 0 Å². The fourth-order valence-electron chi connectivity index (χ4n) is 8.62. The standard InChI is InChI=1S/C28H46O3/c1-17(2)18(3)6-8-22(26(30)31)24-11-10-23-21-9-7-19-16-20(29)12-14-27(19,4)25(21)13-15-28(23,24)5/h7,17-18,20-25,29H,6,8-16H2,1-5H3,(H,30,31)/t18-,20-,21?,22?,23?,24+,25?,27-,28-/m0/s1. The van der Waals surface area contributed by atoms with E-state index in [1.54, 1.807) is 0 Å². The van der Waals surface area contributed by atoms with E-state index < -0.39 is 5.97 Å². The van der Waals surface area contributed by atoms with Crippen LogP contribution < -0.4 is 0 Å². The van der Waals surface area contributed by atoms with Crippen LogP contribution in [0.4, 0.5) is 0 Å². The van der Waals surface area contributed by atoms with E-state index in [2.05, 4.69) is 40.7 Å². The quantitative estimate of drug-likeness (QED) is 0.461. The predicted molar refractivity (Wildman–Crippen MR) is 126 cm³/mol. The van der Waals surface area contributed by atoms with Crippen molar-refractivity contribution in [3.8, 4) is 0 Å². The van der Waals surface area contributed by atoms with Gasteiger partial charge >= 0.3 is 5.97 Å². The summed E-state index contributed by atoms with van der Waals surface area (Å²) in [5.41, 5.74) is 1.97. The number of carboxylic acids is 1. The van der Waals surface area contributed by atoms with Crippen LogP contribution in [0.1, 0.15) is 98.8 Å². The van der Waals surface area contributed by atoms with Gasteiger partial charge < -0.3 is 10.2 Å². The van der Waals surface area contributed by atoms with Gasteiger partial charge in [-0.25, -0.2) is 0 Å². The molecular weight excluding hydrogens is 384 g/mol. The lowest BCUT2D eigenvalue weighted by molar-refractivity contribution is -0.147. The van der Waals surface area contributed by atoms with E-state index in [1.807, 2.05) is 0 Å². The molecule has 0 aromatic heterocycles. The number of allylic oxidation sites excluding steroid dienone is 1. The second kappa shape index (κ2) is 8.50. The number of hydrogen-bond acceptors (Lipinski definition) is 2. The van der Waals surface area contributed by atoms with Gasteiger partial charge in [0.05, 0.1) is 12.0 Å². The maximum Gasteiger partial charge on any atom is 0.306 e. The number of rotatable bonds is 6. The lowest BCUT2D eigenvalue weighted by Gasteiger charge is -2.58. The predicted octanol–water partition coefficient (Wildman–Crippen LogP) is 6.70. The van der Waals surface area contributed by atoms with Crippen LogP contribution in [-0.4, -0.2) is 22.3 Å². The summed E-state index contributed by atoms with van der Waals surface area (Å²) in [7, 11) is 0. The van der Waals surface area contributed by atoms with E-state index in [0.717, 1.165) is 50.9 Å². The Balaban J connectivity index is 1.54. The molecule has 4 aliphatic carbocycles. The Bertz CT molecular complexity index is 711. The monoisotopic (exact) mass is 430 g/mol. The molecule has 0 amide bonds. The molecule has 0 aliphatic heterocycles. The van der Waals surface area contributed by atoms with E-state index in [4.69, 9.17) is 0 Å². The first-order valence-electron chi connectivity index (χ1n) is 13.2. The van der Waals surface area contributed by atoms with Gasteiger partial charge in [0.2, 0.25) is 0 Å². The molecule has 0 saturated heterocycles. The second-order valence-corrected chi connectivity index (χ2v) is 12.6. The number of aliphatic hydroxyl groups is 1. The van der Waals surface area contributed by atoms with Crippen molar-refractivity contribution in [3.63, 3.8) is 0 Å². The molecule has 4 unspecified atom stereocenters. The first kappa shape index (κ1) is 23.3. The molecule has 3 heteroatoms. The van der Waals surface area contributed by atoms with Crippen LogP contribution >= 0.6 is 0 Å². The minimum atomic E-state index is -0.552. The molecule has 3 fully saturated rings. The summed E-state index contributed by atoms with van der Waals surface area (Å²) in [6, 6.07) is 0. The van der Waals surface area contributed by atoms with E-state index in [0.29, 0.717) is 29.6 Å². The SMILES string of the molecule is CC(C)[C@@H](C)CCC(C(=O)O)[C@H]1CCC2C3CC=C4C[C@@H](O)CC[C@]4(C)C3CC[C@@]21C. The maximum absolute atomic E-state index is 12.4. The highest BCUT2D eigenvalue weighted by molar-refractivity contribution is 5.70. The third-order valence-electron chi connectivity index (χ3n) is 11.0. The highest BCUT2D eigenvalue weighted by Crippen LogP contribution is 2.67. The average Bonchev–Trinajstić information content (AvgIpc) is 3.05. The molecule has 0 aromatic carbocycles. The van der Waals surface area contributed by atoms with Gasteiger partial charge in [-0.05, 0) is 111 Å². The highest BCUT2D eigenvalue weighted by Gasteiger charge is 2.60. The van der Waals surface area contributed by atoms with E-state index in [1.165, 1.54) is 24.8 Å². The van der Waals surface area contributed by atoms with Crippen LogP contribution in [-0.2, 0) is 4.79 Å². The lowest BCUT2D eigenvalue weighted by atomic mass is 9.47. The average molecular weight is 431 g/mol. The number of aliphatic hydroxyl groups excluding tert-OH is 1. The molecule has 0 bridgehead atoms. The Kier molecular flexibility index (Phi) is 6.40. The summed E-state index contributed by atoms with van der Waals surface area (Å²) in [6.07, 6.45) is 13.1. The summed E-state index contributed by atoms with van der Waals surface area (Å²) >= 11 is 0. The van der Waals surface area contributed by atoms with E-state index in [9.17, 15) is 15.0 Å². The fourth-order valence-corrected chi connectivity index (χ4v) is 8.62. The van der Waals surface area contributed by atoms with Crippen molar-refractivity contribution in [2.45, 2.75) is 105 Å². The first-order valence-corrected chi connectivity index (χ1v) is 13.2. The van der Waals surface area contributed by atoms with Crippen molar-refractivity contribution < 1.29 is 15.0 Å². The van der Waals surface area contributed by atoms with Crippen LogP contribution in [0.5, 0.6) is 0 Å². The molecule has 0 spiro atoms. The van der Waals surface area contributed by atoms with Crippen molar-refractivity contribution in [2.24, 2.45) is 52.3 Å². The number of carboxylic acid groups (broad SMARTS) is 1. The Morgan fingerprint density at radius 1 is 1.06 bits per heavy atom. The van der Waals surface area contributed by atoms with E-state index >= 15 is 0 Å². The van der Waals surface area contributed by atoms with Crippen molar-refractivity contribution in [3.05, 3.63) is 11.6 Å². The van der Waals surface area contributed by atoms with Crippen molar-refractivity contribution in [1.29, 1.82) is 0 Å². The lowest BCUT2D eigenvalue weighted by Crippen LogP contribution is -2.51. The van der Waals surface area contributed by atoms with Gasteiger partial charge in [0.15, 0.2) is 0 Å². The Morgan fingerprint density at radius 3 is 2.48 bits per heavy atom. The highest BCUT2D eigenvalue weighted by atomic mass is 16.4. The number of carbonyl (C=O) groups is 1. The summed E-state index contributed by atoms with van der Waals surface area (Å²) < 4.78 is 0. The largest absolute Gasteiger partial charge is 0.481 e. The molecule has 3 saturated carbocycles. The Labute approximate surface area is 190 Å². The van der Waals surface area contributed by atoms with Crippen molar-refractivity contribution in [1.82, 2.24) is 0 Å². The summed E-state index contributed by atoms with van der Waals surface area (Å²) in [4.78, 5) is 12.4. The Hall–Kier alpha value is -0.830. The third-order valence-corrected chi connectivity index (χ3v) is 11.0. The molecule has 176 valence electrons. The normalized spacial score (nSPS) is 44.1. The first-order chi connectivity index (χ1) is 14.6. The molecule has 0 aromatic rings. The zero-order valence-electron chi connectivity index (χ0n) is 20.6. The molecule has 4 aliphatic rings. The summed E-state index contributed by atoms with van der Waals surface area (Å²) in [5.74, 6) is 2.91. The molecule has 4 rings (SSSR count). The van der Waals surface area contributed by atoms with Crippen LogP contribution in [0.15, 0.2) is 11.6 Å². The maximum atomic E-state index is 12.4.